The average Bonchev–Trinajstić information content (AvgIpc) is 1.12. The zero-order chi connectivity index (χ0) is 9.00. The number of hydrogen-bond donors (Lipinski definition) is 4. The van der Waals surface area contributed by atoms with Crippen molar-refractivity contribution in [2.75, 3.05) is 0 Å². The van der Waals surface area contributed by atoms with Crippen LogP contribution in [0.5, 0.6) is 0 Å². The van der Waals surface area contributed by atoms with Gasteiger partial charge in [0.15, 0.2) is 0 Å². The van der Waals surface area contributed by atoms with Gasteiger partial charge in [0.25, 0.3) is 0 Å². The van der Waals surface area contributed by atoms with E-state index in [0.717, 1.165) is 0 Å². The molecule has 0 aliphatic carbocycles. The Kier molecular flexibility index (Phi) is 10.0. The maximum atomic E-state index is 8.52. The molecular weight excluding hydrogens is 212 g/mol. The van der Waals surface area contributed by atoms with Gasteiger partial charge in [0.2, 0.25) is 0 Å². The third-order valence-electron chi connectivity index (χ3n) is 0. The molecule has 8 nitrogen and oxygen atoms in total. The van der Waals surface area contributed by atoms with Crippen molar-refractivity contribution in [2.24, 2.45) is 0 Å². The van der Waals surface area contributed by atoms with E-state index >= 15 is 0 Å². The largest absolute Gasteiger partial charge is 2.00 e. The first-order valence-corrected chi connectivity index (χ1v) is 4.68. The van der Waals surface area contributed by atoms with Crippen LogP contribution in [0.4, 0.5) is 0 Å². The van der Waals surface area contributed by atoms with Gasteiger partial charge >= 0.3 is 32.1 Å². The predicted molar refractivity (Wildman–Crippen MR) is 30.9 cm³/mol. The van der Waals surface area contributed by atoms with Crippen LogP contribution in [0.2, 0.25) is 0 Å². The summed E-state index contributed by atoms with van der Waals surface area (Å²) in [7, 11) is -9.78. The van der Waals surface area contributed by atoms with Gasteiger partial charge in [0.1, 0.15) is 0 Å². The molecule has 0 aliphatic rings. The molecule has 0 saturated carbocycles. The molecule has 4 N–H and O–H groups in total. The van der Waals surface area contributed by atoms with Crippen molar-refractivity contribution in [1.29, 1.82) is 0 Å². The Hall–Kier alpha value is 0.693. The van der Waals surface area contributed by atoms with Crippen molar-refractivity contribution in [3.05, 3.63) is 0 Å². The predicted octanol–water partition coefficient (Wildman–Crippen LogP) is -4.33. The Labute approximate surface area is 79.3 Å². The summed E-state index contributed by atoms with van der Waals surface area (Å²) in [5.41, 5.74) is 0. The maximum absolute atomic E-state index is 8.52. The third-order valence-corrected chi connectivity index (χ3v) is 0. The smallest absolute Gasteiger partial charge is 0.759 e. The van der Waals surface area contributed by atoms with E-state index in [2.05, 4.69) is 0 Å². The Morgan fingerprint density at radius 3 is 1.00 bits per heavy atom. The molecule has 0 atom stereocenters. The van der Waals surface area contributed by atoms with Crippen LogP contribution in [0.25, 0.3) is 0 Å². The molecule has 11 heteroatoms. The van der Waals surface area contributed by atoms with E-state index in [0.29, 0.717) is 0 Å². The minimum absolute atomic E-state index is 0. The second-order valence-electron chi connectivity index (χ2n) is 1.01. The summed E-state index contributed by atoms with van der Waals surface area (Å²) < 4.78 is 34.1. The van der Waals surface area contributed by atoms with Crippen LogP contribution >= 0.6 is 0 Å². The first-order valence-electron chi connectivity index (χ1n) is 1.56. The molecule has 0 radical (unpaired) electrons. The van der Waals surface area contributed by atoms with E-state index in [4.69, 9.17) is 36.7 Å². The average molecular weight is 216 g/mol. The van der Waals surface area contributed by atoms with Crippen LogP contribution in [0.1, 0.15) is 0 Å². The topological polar surface area (TPSA) is 161 Å². The Bertz CT molecular complexity index is 149. The van der Waals surface area contributed by atoms with Gasteiger partial charge in [-0.25, -0.2) is 0 Å². The molecule has 64 valence electrons. The van der Waals surface area contributed by atoms with Gasteiger partial charge in [-0.15, -0.1) is 0 Å². The molecule has 11 heavy (non-hydrogen) atoms. The van der Waals surface area contributed by atoms with Crippen molar-refractivity contribution >= 4 is 42.5 Å². The van der Waals surface area contributed by atoms with Crippen molar-refractivity contribution in [1.82, 2.24) is 0 Å². The fourth-order valence-electron chi connectivity index (χ4n) is 0. The molecule has 0 bridgehead atoms. The molecule has 0 aromatic carbocycles. The van der Waals surface area contributed by atoms with Gasteiger partial charge < -0.3 is 28.3 Å². The molecule has 0 amide bonds. The minimum Gasteiger partial charge on any atom is -0.759 e. The normalized spacial score (nSPS) is 10.7. The maximum Gasteiger partial charge on any atom is 2.00 e. The van der Waals surface area contributed by atoms with E-state index < -0.39 is 19.4 Å². The van der Waals surface area contributed by atoms with E-state index in [1.54, 1.807) is 0 Å². The van der Waals surface area contributed by atoms with Crippen LogP contribution in [0.3, 0.4) is 0 Å². The first kappa shape index (κ1) is 17.7. The molecule has 0 unspecified atom stereocenters. The molecule has 0 heterocycles. The van der Waals surface area contributed by atoms with Crippen LogP contribution in [0.15, 0.2) is 0 Å². The fourth-order valence-corrected chi connectivity index (χ4v) is 0. The van der Waals surface area contributed by atoms with Crippen LogP contribution < -0.4 is 0 Å². The summed E-state index contributed by atoms with van der Waals surface area (Å²) in [6, 6.07) is 0. The molecule has 0 aromatic heterocycles. The van der Waals surface area contributed by atoms with Gasteiger partial charge in [0.05, 0.1) is 0 Å². The summed E-state index contributed by atoms with van der Waals surface area (Å²) in [5.74, 6) is 0. The minimum atomic E-state index is -5.17. The zero-order valence-electron chi connectivity index (χ0n) is 5.04. The van der Waals surface area contributed by atoms with E-state index in [9.17, 15) is 0 Å². The molecule has 0 rings (SSSR count). The quantitative estimate of drug-likeness (QED) is 0.179. The van der Waals surface area contributed by atoms with E-state index in [-0.39, 0.29) is 23.1 Å². The molecule has 0 aromatic rings. The standard InChI is InChI=1S/Mg.H2O4S.H4O4Si/c;2*1-5(2,3)4/h;(H2,1,2,3,4);1-4H/q+2;;/p-2. The van der Waals surface area contributed by atoms with Crippen molar-refractivity contribution < 1.29 is 36.7 Å². The fraction of sp³-hybridized carbons (Fsp3) is 0. The number of rotatable bonds is 0. The summed E-state index contributed by atoms with van der Waals surface area (Å²) in [4.78, 5) is 29.3. The number of hydrogen-bond acceptors (Lipinski definition) is 8. The summed E-state index contributed by atoms with van der Waals surface area (Å²) in [6.45, 7) is 0. The van der Waals surface area contributed by atoms with E-state index in [1.807, 2.05) is 0 Å². The first-order chi connectivity index (χ1) is 4.00. The van der Waals surface area contributed by atoms with Gasteiger partial charge in [-0.3, -0.25) is 8.42 Å². The van der Waals surface area contributed by atoms with Gasteiger partial charge in [-0.1, -0.05) is 0 Å². The van der Waals surface area contributed by atoms with Crippen LogP contribution in [-0.4, -0.2) is 68.8 Å². The van der Waals surface area contributed by atoms with E-state index in [1.165, 1.54) is 0 Å². The van der Waals surface area contributed by atoms with Gasteiger partial charge in [-0.2, -0.15) is 0 Å². The zero-order valence-corrected chi connectivity index (χ0v) is 8.27. The monoisotopic (exact) mass is 216 g/mol. The molecule has 0 fully saturated rings. The van der Waals surface area contributed by atoms with Crippen molar-refractivity contribution in [2.45, 2.75) is 0 Å². The van der Waals surface area contributed by atoms with Crippen molar-refractivity contribution in [3.8, 4) is 0 Å². The third kappa shape index (κ3) is 1680. The molecule has 0 spiro atoms. The summed E-state index contributed by atoms with van der Waals surface area (Å²) in [5, 5.41) is 0. The SMILES string of the molecule is O=S(=O)([O-])[O-].O[Si](O)(O)O.[Mg+2]. The van der Waals surface area contributed by atoms with Crippen LogP contribution in [-0.2, 0) is 10.4 Å². The molecular formula is H4MgO8SSi. The van der Waals surface area contributed by atoms with Gasteiger partial charge in [0, 0.05) is 10.4 Å². The Morgan fingerprint density at radius 2 is 1.00 bits per heavy atom. The molecule has 0 saturated heterocycles. The second kappa shape index (κ2) is 6.24. The summed E-state index contributed by atoms with van der Waals surface area (Å²) in [6.07, 6.45) is 0. The van der Waals surface area contributed by atoms with Crippen molar-refractivity contribution in [3.63, 3.8) is 0 Å². The second-order valence-corrected chi connectivity index (χ2v) is 3.02. The van der Waals surface area contributed by atoms with Gasteiger partial charge in [-0.05, 0) is 0 Å². The molecule has 0 aliphatic heterocycles. The Balaban J connectivity index is -0.000000107. The Morgan fingerprint density at radius 1 is 1.00 bits per heavy atom. The summed E-state index contributed by atoms with van der Waals surface area (Å²) >= 11 is 0. The van der Waals surface area contributed by atoms with Crippen LogP contribution in [0, 0.1) is 0 Å².